The van der Waals surface area contributed by atoms with E-state index >= 15 is 0 Å². The molecule has 0 radical (unpaired) electrons. The molecule has 1 atom stereocenters. The van der Waals surface area contributed by atoms with Crippen molar-refractivity contribution in [3.8, 4) is 0 Å². The Bertz CT molecular complexity index is 1060. The van der Waals surface area contributed by atoms with Gasteiger partial charge in [0.1, 0.15) is 13.1 Å². The molecule has 0 fully saturated rings. The van der Waals surface area contributed by atoms with Crippen LogP contribution in [0.25, 0.3) is 10.9 Å². The highest BCUT2D eigenvalue weighted by Crippen LogP contribution is 2.36. The van der Waals surface area contributed by atoms with Crippen molar-refractivity contribution in [2.24, 2.45) is 5.73 Å². The van der Waals surface area contributed by atoms with E-state index in [1.54, 1.807) is 13.0 Å². The van der Waals surface area contributed by atoms with Gasteiger partial charge in [-0.25, -0.2) is 0 Å². The minimum Gasteiger partial charge on any atom is -0.465 e. The van der Waals surface area contributed by atoms with Gasteiger partial charge in [0.2, 0.25) is 5.91 Å². The monoisotopic (exact) mass is 490 g/mol. The van der Waals surface area contributed by atoms with E-state index in [9.17, 15) is 14.4 Å². The summed E-state index contributed by atoms with van der Waals surface area (Å²) in [5, 5.41) is 4.90. The number of nitrogens with zero attached hydrogens (tertiary/aromatic N) is 3. The maximum atomic E-state index is 13.4. The van der Waals surface area contributed by atoms with Gasteiger partial charge in [-0.3, -0.25) is 19.1 Å². The van der Waals surface area contributed by atoms with E-state index < -0.39 is 20.2 Å². The van der Waals surface area contributed by atoms with Crippen LogP contribution in [-0.2, 0) is 25.3 Å². The number of amides is 2. The molecule has 0 saturated carbocycles. The quantitative estimate of drug-likeness (QED) is 0.404. The fraction of sp³-hybridized carbons (Fsp3) is 0.583. The minimum absolute atomic E-state index is 0.0139. The highest BCUT2D eigenvalue weighted by Gasteiger charge is 2.38. The standard InChI is InChI=1S/C24H38N4O5Si/c1-9-32-21(30)14-27(17(3)15-33-34(7,8)24(4,5)6)20(29)13-28-19-11-10-16(2)12-18(19)22(26-28)23(25)31/h10-12,17H,9,13-15H2,1-8H3,(H2,25,31)/t17-/m1/s1. The number of primary amides is 1. The van der Waals surface area contributed by atoms with E-state index in [0.717, 1.165) is 5.56 Å². The number of nitrogens with two attached hydrogens (primary N) is 1. The maximum Gasteiger partial charge on any atom is 0.325 e. The topological polar surface area (TPSA) is 117 Å². The lowest BCUT2D eigenvalue weighted by Gasteiger charge is -2.38. The number of hydrogen-bond acceptors (Lipinski definition) is 6. The van der Waals surface area contributed by atoms with Gasteiger partial charge in [0.25, 0.3) is 5.91 Å². The summed E-state index contributed by atoms with van der Waals surface area (Å²) in [6.45, 7) is 16.4. The van der Waals surface area contributed by atoms with Gasteiger partial charge in [-0.15, -0.1) is 0 Å². The minimum atomic E-state index is -2.05. The summed E-state index contributed by atoms with van der Waals surface area (Å²) in [5.41, 5.74) is 7.19. The number of esters is 1. The first kappa shape index (κ1) is 27.5. The molecule has 2 rings (SSSR count). The van der Waals surface area contributed by atoms with E-state index in [0.29, 0.717) is 17.5 Å². The summed E-state index contributed by atoms with van der Waals surface area (Å²) in [5.74, 6) is -1.49. The van der Waals surface area contributed by atoms with E-state index in [-0.39, 0.29) is 42.4 Å². The molecule has 2 N–H and O–H groups in total. The zero-order valence-electron chi connectivity index (χ0n) is 21.6. The maximum absolute atomic E-state index is 13.4. The molecule has 2 amide bonds. The van der Waals surface area contributed by atoms with Crippen LogP contribution in [0.5, 0.6) is 0 Å². The van der Waals surface area contributed by atoms with Crippen LogP contribution in [0.2, 0.25) is 18.1 Å². The van der Waals surface area contributed by atoms with Crippen LogP contribution < -0.4 is 5.73 Å². The summed E-state index contributed by atoms with van der Waals surface area (Å²) >= 11 is 0. The second kappa shape index (κ2) is 10.7. The molecular formula is C24H38N4O5Si. The van der Waals surface area contributed by atoms with Gasteiger partial charge in [-0.1, -0.05) is 32.4 Å². The normalized spacial score (nSPS) is 13.1. The fourth-order valence-electron chi connectivity index (χ4n) is 3.29. The van der Waals surface area contributed by atoms with Crippen LogP contribution in [-0.4, -0.2) is 66.6 Å². The highest BCUT2D eigenvalue weighted by molar-refractivity contribution is 6.74. The molecule has 34 heavy (non-hydrogen) atoms. The molecule has 10 heteroatoms. The van der Waals surface area contributed by atoms with Gasteiger partial charge in [0, 0.05) is 5.39 Å². The van der Waals surface area contributed by atoms with Crippen LogP contribution in [0, 0.1) is 6.92 Å². The van der Waals surface area contributed by atoms with E-state index in [1.165, 1.54) is 9.58 Å². The molecule has 0 spiro atoms. The Hall–Kier alpha value is -2.72. The predicted molar refractivity (Wildman–Crippen MR) is 134 cm³/mol. The molecule has 1 aromatic heterocycles. The van der Waals surface area contributed by atoms with Crippen molar-refractivity contribution >= 4 is 37.0 Å². The van der Waals surface area contributed by atoms with Crippen molar-refractivity contribution in [3.63, 3.8) is 0 Å². The number of hydrogen-bond donors (Lipinski definition) is 1. The Morgan fingerprint density at radius 1 is 1.24 bits per heavy atom. The Kier molecular flexibility index (Phi) is 8.65. The lowest BCUT2D eigenvalue weighted by Crippen LogP contribution is -2.49. The summed E-state index contributed by atoms with van der Waals surface area (Å²) < 4.78 is 12.9. The zero-order valence-corrected chi connectivity index (χ0v) is 22.6. The van der Waals surface area contributed by atoms with Gasteiger partial charge >= 0.3 is 5.97 Å². The third kappa shape index (κ3) is 6.44. The number of aryl methyl sites for hydroxylation is 1. The second-order valence-corrected chi connectivity index (χ2v) is 14.9. The SMILES string of the molecule is CCOC(=O)CN(C(=O)Cn1nc(C(N)=O)c2cc(C)ccc21)[C@H](C)CO[Si](C)(C)C(C)(C)C. The first-order valence-corrected chi connectivity index (χ1v) is 14.4. The van der Waals surface area contributed by atoms with Crippen molar-refractivity contribution in [3.05, 3.63) is 29.5 Å². The first-order valence-electron chi connectivity index (χ1n) is 11.5. The average molecular weight is 491 g/mol. The molecule has 9 nitrogen and oxygen atoms in total. The largest absolute Gasteiger partial charge is 0.465 e. The van der Waals surface area contributed by atoms with Crippen LogP contribution in [0.1, 0.15) is 50.7 Å². The van der Waals surface area contributed by atoms with Gasteiger partial charge in [0.15, 0.2) is 14.0 Å². The molecule has 0 aliphatic carbocycles. The molecule has 0 unspecified atom stereocenters. The van der Waals surface area contributed by atoms with Gasteiger partial charge in [-0.2, -0.15) is 5.10 Å². The fourth-order valence-corrected chi connectivity index (χ4v) is 4.38. The number of carbonyl (C=O) groups is 3. The Morgan fingerprint density at radius 3 is 2.44 bits per heavy atom. The van der Waals surface area contributed by atoms with E-state index in [4.69, 9.17) is 14.9 Å². The van der Waals surface area contributed by atoms with Crippen LogP contribution in [0.15, 0.2) is 18.2 Å². The molecule has 0 aliphatic heterocycles. The summed E-state index contributed by atoms with van der Waals surface area (Å²) in [6, 6.07) is 5.12. The predicted octanol–water partition coefficient (Wildman–Crippen LogP) is 3.25. The van der Waals surface area contributed by atoms with E-state index in [2.05, 4.69) is 39.0 Å². The molecule has 1 aromatic carbocycles. The summed E-state index contributed by atoms with van der Waals surface area (Å²) in [6.07, 6.45) is 0. The van der Waals surface area contributed by atoms with Gasteiger partial charge < -0.3 is 19.8 Å². The highest BCUT2D eigenvalue weighted by atomic mass is 28.4. The van der Waals surface area contributed by atoms with Gasteiger partial charge in [0.05, 0.1) is 24.8 Å². The molecular weight excluding hydrogens is 452 g/mol. The number of ether oxygens (including phenoxy) is 1. The number of benzene rings is 1. The van der Waals surface area contributed by atoms with Crippen molar-refractivity contribution in [1.29, 1.82) is 0 Å². The smallest absolute Gasteiger partial charge is 0.325 e. The number of rotatable bonds is 10. The lowest BCUT2D eigenvalue weighted by molar-refractivity contribution is -0.151. The van der Waals surface area contributed by atoms with Crippen molar-refractivity contribution in [2.45, 2.75) is 72.3 Å². The van der Waals surface area contributed by atoms with Crippen LogP contribution in [0.3, 0.4) is 0 Å². The third-order valence-electron chi connectivity index (χ3n) is 6.37. The summed E-state index contributed by atoms with van der Waals surface area (Å²) in [7, 11) is -2.05. The van der Waals surface area contributed by atoms with Crippen LogP contribution >= 0.6 is 0 Å². The first-order chi connectivity index (χ1) is 15.7. The number of aromatic nitrogens is 2. The molecule has 0 aliphatic rings. The summed E-state index contributed by atoms with van der Waals surface area (Å²) in [4.78, 5) is 39.1. The molecule has 2 aromatic rings. The number of fused-ring (bicyclic) bond motifs is 1. The average Bonchev–Trinajstić information content (AvgIpc) is 3.07. The van der Waals surface area contributed by atoms with Crippen molar-refractivity contribution in [2.75, 3.05) is 19.8 Å². The van der Waals surface area contributed by atoms with Gasteiger partial charge in [-0.05, 0) is 51.0 Å². The molecule has 1 heterocycles. The van der Waals surface area contributed by atoms with E-state index in [1.807, 2.05) is 26.0 Å². The molecule has 0 bridgehead atoms. The molecule has 188 valence electrons. The number of carbonyl (C=O) groups excluding carboxylic acids is 3. The zero-order chi connectivity index (χ0) is 25.8. The van der Waals surface area contributed by atoms with Crippen molar-refractivity contribution < 1.29 is 23.5 Å². The second-order valence-electron chi connectivity index (χ2n) is 10.1. The Balaban J connectivity index is 2.32. The molecule has 0 saturated heterocycles. The lowest BCUT2D eigenvalue weighted by atomic mass is 10.1. The Morgan fingerprint density at radius 2 is 1.88 bits per heavy atom. The Labute approximate surface area is 202 Å². The van der Waals surface area contributed by atoms with Crippen molar-refractivity contribution in [1.82, 2.24) is 14.7 Å². The van der Waals surface area contributed by atoms with Crippen LogP contribution in [0.4, 0.5) is 0 Å². The third-order valence-corrected chi connectivity index (χ3v) is 10.9.